The highest BCUT2D eigenvalue weighted by molar-refractivity contribution is 7.11. The third-order valence-electron chi connectivity index (χ3n) is 4.39. The van der Waals surface area contributed by atoms with Crippen LogP contribution in [-0.4, -0.2) is 51.3 Å². The molecule has 1 atom stereocenters. The molecule has 25 heavy (non-hydrogen) atoms. The fourth-order valence-corrected chi connectivity index (χ4v) is 4.22. The van der Waals surface area contributed by atoms with Gasteiger partial charge in [0, 0.05) is 24.2 Å². The van der Waals surface area contributed by atoms with Crippen molar-refractivity contribution < 1.29 is 4.79 Å². The van der Waals surface area contributed by atoms with Crippen LogP contribution >= 0.6 is 11.3 Å². The first-order chi connectivity index (χ1) is 11.9. The molecule has 1 fully saturated rings. The highest BCUT2D eigenvalue weighted by Gasteiger charge is 2.32. The second-order valence-electron chi connectivity index (χ2n) is 6.81. The molecule has 6 nitrogen and oxygen atoms in total. The Balaban J connectivity index is 1.76. The lowest BCUT2D eigenvalue weighted by Crippen LogP contribution is -2.32. The summed E-state index contributed by atoms with van der Waals surface area (Å²) in [5.74, 6) is 0.915. The predicted octanol–water partition coefficient (Wildman–Crippen LogP) is 2.52. The Labute approximate surface area is 152 Å². The number of amides is 1. The molecule has 7 heteroatoms. The van der Waals surface area contributed by atoms with E-state index in [0.29, 0.717) is 6.42 Å². The highest BCUT2D eigenvalue weighted by atomic mass is 32.1. The van der Waals surface area contributed by atoms with Crippen molar-refractivity contribution in [2.45, 2.75) is 45.7 Å². The monoisotopic (exact) mass is 359 g/mol. The zero-order chi connectivity index (χ0) is 18.0. The molecule has 134 valence electrons. The molecular weight excluding hydrogens is 334 g/mol. The molecule has 0 spiro atoms. The van der Waals surface area contributed by atoms with Gasteiger partial charge in [-0.25, -0.2) is 15.0 Å². The quantitative estimate of drug-likeness (QED) is 0.821. The van der Waals surface area contributed by atoms with E-state index in [1.165, 1.54) is 0 Å². The van der Waals surface area contributed by atoms with E-state index < -0.39 is 0 Å². The Bertz CT molecular complexity index is 758. The van der Waals surface area contributed by atoms with Gasteiger partial charge in [-0.1, -0.05) is 0 Å². The van der Waals surface area contributed by atoms with Crippen molar-refractivity contribution >= 4 is 17.2 Å². The molecule has 3 heterocycles. The zero-order valence-corrected chi connectivity index (χ0v) is 16.1. The third-order valence-corrected chi connectivity index (χ3v) is 5.47. The van der Waals surface area contributed by atoms with Crippen LogP contribution in [0.15, 0.2) is 12.3 Å². The average molecular weight is 359 g/mol. The number of hydrogen-bond donors (Lipinski definition) is 0. The minimum Gasteiger partial charge on any atom is -0.332 e. The van der Waals surface area contributed by atoms with Gasteiger partial charge in [0.2, 0.25) is 5.91 Å². The van der Waals surface area contributed by atoms with Crippen molar-refractivity contribution in [2.75, 3.05) is 20.6 Å². The Morgan fingerprint density at radius 2 is 2.16 bits per heavy atom. The van der Waals surface area contributed by atoms with Crippen molar-refractivity contribution in [1.82, 2.24) is 24.8 Å². The van der Waals surface area contributed by atoms with Gasteiger partial charge in [0.1, 0.15) is 0 Å². The van der Waals surface area contributed by atoms with Crippen LogP contribution in [0.3, 0.4) is 0 Å². The molecule has 1 aliphatic rings. The maximum Gasteiger partial charge on any atom is 0.228 e. The molecule has 0 unspecified atom stereocenters. The largest absolute Gasteiger partial charge is 0.332 e. The molecule has 1 saturated heterocycles. The number of hydrogen-bond acceptors (Lipinski definition) is 6. The molecule has 2 aromatic rings. The second kappa shape index (κ2) is 7.58. The lowest BCUT2D eigenvalue weighted by Gasteiger charge is -2.24. The molecule has 1 amide bonds. The molecule has 0 aromatic carbocycles. The number of rotatable bonds is 5. The van der Waals surface area contributed by atoms with E-state index in [0.717, 1.165) is 53.0 Å². The number of carbonyl (C=O) groups excluding carboxylic acids is 1. The van der Waals surface area contributed by atoms with E-state index in [9.17, 15) is 4.79 Å². The summed E-state index contributed by atoms with van der Waals surface area (Å²) in [5.41, 5.74) is 1.96. The first kappa shape index (κ1) is 17.9. The summed E-state index contributed by atoms with van der Waals surface area (Å²) in [6, 6.07) is 1.93. The maximum absolute atomic E-state index is 12.9. The number of nitrogens with zero attached hydrogens (tertiary/aromatic N) is 5. The van der Waals surface area contributed by atoms with Crippen molar-refractivity contribution in [3.8, 4) is 0 Å². The van der Waals surface area contributed by atoms with E-state index in [-0.39, 0.29) is 11.9 Å². The van der Waals surface area contributed by atoms with Gasteiger partial charge in [0.15, 0.2) is 5.82 Å². The number of aromatic nitrogens is 3. The summed E-state index contributed by atoms with van der Waals surface area (Å²) >= 11 is 1.61. The maximum atomic E-state index is 12.9. The number of thiazole rings is 1. The van der Waals surface area contributed by atoms with Gasteiger partial charge in [-0.05, 0) is 46.9 Å². The van der Waals surface area contributed by atoms with E-state index in [4.69, 9.17) is 4.98 Å². The molecule has 1 aliphatic heterocycles. The standard InChI is InChI=1S/C18H25N5OS/c1-12-16(25-13(2)20-12)10-17(24)23-9-5-6-15(23)18-19-8-7-14(21-18)11-22(3)4/h7-8,15H,5-6,9-11H2,1-4H3/t15-/m1/s1. The van der Waals surface area contributed by atoms with Crippen molar-refractivity contribution in [1.29, 1.82) is 0 Å². The van der Waals surface area contributed by atoms with Crippen LogP contribution in [0.2, 0.25) is 0 Å². The second-order valence-corrected chi connectivity index (χ2v) is 8.10. The molecule has 0 bridgehead atoms. The SMILES string of the molecule is Cc1nc(C)c(CC(=O)N2CCC[C@@H]2c2nccc(CN(C)C)n2)s1. The average Bonchev–Trinajstić information content (AvgIpc) is 3.14. The Morgan fingerprint density at radius 3 is 2.84 bits per heavy atom. The molecule has 0 aliphatic carbocycles. The Hall–Kier alpha value is -1.86. The lowest BCUT2D eigenvalue weighted by molar-refractivity contribution is -0.131. The van der Waals surface area contributed by atoms with Gasteiger partial charge in [0.25, 0.3) is 0 Å². The minimum absolute atomic E-state index is 0.0102. The van der Waals surface area contributed by atoms with Crippen LogP contribution in [0.4, 0.5) is 0 Å². The van der Waals surface area contributed by atoms with Crippen LogP contribution < -0.4 is 0 Å². The molecule has 3 rings (SSSR count). The van der Waals surface area contributed by atoms with Gasteiger partial charge in [0.05, 0.1) is 28.9 Å². The van der Waals surface area contributed by atoms with E-state index in [2.05, 4.69) is 14.9 Å². The van der Waals surface area contributed by atoms with Crippen LogP contribution in [0.25, 0.3) is 0 Å². The van der Waals surface area contributed by atoms with Gasteiger partial charge < -0.3 is 9.80 Å². The first-order valence-corrected chi connectivity index (χ1v) is 9.44. The smallest absolute Gasteiger partial charge is 0.228 e. The number of aryl methyl sites for hydroxylation is 2. The van der Waals surface area contributed by atoms with Crippen LogP contribution in [0.5, 0.6) is 0 Å². The zero-order valence-electron chi connectivity index (χ0n) is 15.3. The van der Waals surface area contributed by atoms with Crippen LogP contribution in [0, 0.1) is 13.8 Å². The summed E-state index contributed by atoms with van der Waals surface area (Å²) < 4.78 is 0. The van der Waals surface area contributed by atoms with Crippen LogP contribution in [-0.2, 0) is 17.8 Å². The van der Waals surface area contributed by atoms with Gasteiger partial charge >= 0.3 is 0 Å². The Kier molecular flexibility index (Phi) is 5.44. The summed E-state index contributed by atoms with van der Waals surface area (Å²) in [6.07, 6.45) is 4.15. The number of carbonyl (C=O) groups is 1. The van der Waals surface area contributed by atoms with E-state index >= 15 is 0 Å². The lowest BCUT2D eigenvalue weighted by atomic mass is 10.2. The van der Waals surface area contributed by atoms with Gasteiger partial charge in [-0.3, -0.25) is 4.79 Å². The van der Waals surface area contributed by atoms with E-state index in [1.54, 1.807) is 17.5 Å². The molecule has 2 aromatic heterocycles. The summed E-state index contributed by atoms with van der Waals surface area (Å²) in [6.45, 7) is 5.51. The molecular formula is C18H25N5OS. The topological polar surface area (TPSA) is 62.2 Å². The predicted molar refractivity (Wildman–Crippen MR) is 98.4 cm³/mol. The Morgan fingerprint density at radius 1 is 1.36 bits per heavy atom. The van der Waals surface area contributed by atoms with Gasteiger partial charge in [-0.15, -0.1) is 11.3 Å². The van der Waals surface area contributed by atoms with Crippen molar-refractivity contribution in [2.24, 2.45) is 0 Å². The highest BCUT2D eigenvalue weighted by Crippen LogP contribution is 2.31. The number of likely N-dealkylation sites (tertiary alicyclic amines) is 1. The summed E-state index contributed by atoms with van der Waals surface area (Å²) in [7, 11) is 4.04. The third kappa shape index (κ3) is 4.22. The molecule has 0 radical (unpaired) electrons. The minimum atomic E-state index is -0.0102. The van der Waals surface area contributed by atoms with E-state index in [1.807, 2.05) is 38.9 Å². The summed E-state index contributed by atoms with van der Waals surface area (Å²) in [5, 5.41) is 1.01. The van der Waals surface area contributed by atoms with Gasteiger partial charge in [-0.2, -0.15) is 0 Å². The van der Waals surface area contributed by atoms with Crippen molar-refractivity contribution in [3.05, 3.63) is 39.4 Å². The van der Waals surface area contributed by atoms with Crippen LogP contribution in [0.1, 0.15) is 46.0 Å². The molecule has 0 N–H and O–H groups in total. The fraction of sp³-hybridized carbons (Fsp3) is 0.556. The van der Waals surface area contributed by atoms with Crippen molar-refractivity contribution in [3.63, 3.8) is 0 Å². The first-order valence-electron chi connectivity index (χ1n) is 8.63. The fourth-order valence-electron chi connectivity index (χ4n) is 3.30. The molecule has 0 saturated carbocycles. The normalized spacial score (nSPS) is 17.5. The summed E-state index contributed by atoms with van der Waals surface area (Å²) in [4.78, 5) is 31.5.